The van der Waals surface area contributed by atoms with Crippen LogP contribution in [0.3, 0.4) is 0 Å². The Morgan fingerprint density at radius 2 is 1.73 bits per heavy atom. The molecule has 0 aromatic heterocycles. The maximum absolute atomic E-state index is 10.4. The summed E-state index contributed by atoms with van der Waals surface area (Å²) in [6.45, 7) is 1.98. The van der Waals surface area contributed by atoms with Gasteiger partial charge in [0, 0.05) is 5.56 Å². The van der Waals surface area contributed by atoms with Gasteiger partial charge in [0.2, 0.25) is 0 Å². The Labute approximate surface area is 130 Å². The standard InChI is InChI=1S/C17H21NO4/c1-11-8-17(21-3)12(9-16(11)20-2)14(19)10-22-15-7-5-4-6-13(15)18/h4-9,14,19H,10,18H2,1-3H3. The number of methoxy groups -OCH3 is 2. The van der Waals surface area contributed by atoms with E-state index < -0.39 is 6.10 Å². The van der Waals surface area contributed by atoms with Gasteiger partial charge < -0.3 is 25.1 Å². The lowest BCUT2D eigenvalue weighted by Crippen LogP contribution is -2.12. The number of ether oxygens (including phenoxy) is 3. The van der Waals surface area contributed by atoms with Crippen molar-refractivity contribution in [2.24, 2.45) is 0 Å². The third-order valence-corrected chi connectivity index (χ3v) is 3.42. The number of benzene rings is 2. The van der Waals surface area contributed by atoms with Crippen LogP contribution in [0.5, 0.6) is 17.2 Å². The molecule has 0 bridgehead atoms. The van der Waals surface area contributed by atoms with E-state index in [4.69, 9.17) is 19.9 Å². The Morgan fingerprint density at radius 1 is 1.05 bits per heavy atom. The lowest BCUT2D eigenvalue weighted by Gasteiger charge is -2.18. The van der Waals surface area contributed by atoms with Gasteiger partial charge in [-0.05, 0) is 36.8 Å². The fourth-order valence-electron chi connectivity index (χ4n) is 2.20. The van der Waals surface area contributed by atoms with Gasteiger partial charge in [0.15, 0.2) is 0 Å². The molecule has 0 saturated carbocycles. The molecule has 0 amide bonds. The maximum atomic E-state index is 10.4. The highest BCUT2D eigenvalue weighted by molar-refractivity contribution is 5.52. The molecule has 5 heteroatoms. The third-order valence-electron chi connectivity index (χ3n) is 3.42. The molecule has 1 atom stereocenters. The lowest BCUT2D eigenvalue weighted by atomic mass is 10.1. The molecule has 0 aliphatic rings. The van der Waals surface area contributed by atoms with Gasteiger partial charge in [-0.25, -0.2) is 0 Å². The number of nitrogen functional groups attached to an aromatic ring is 1. The molecule has 118 valence electrons. The number of hydrogen-bond acceptors (Lipinski definition) is 5. The molecule has 5 nitrogen and oxygen atoms in total. The third kappa shape index (κ3) is 3.43. The smallest absolute Gasteiger partial charge is 0.142 e. The van der Waals surface area contributed by atoms with Crippen LogP contribution in [0.25, 0.3) is 0 Å². The van der Waals surface area contributed by atoms with Crippen LogP contribution in [0.15, 0.2) is 36.4 Å². The summed E-state index contributed by atoms with van der Waals surface area (Å²) in [5.41, 5.74) is 7.89. The summed E-state index contributed by atoms with van der Waals surface area (Å²) < 4.78 is 16.2. The van der Waals surface area contributed by atoms with Crippen LogP contribution in [0, 0.1) is 6.92 Å². The number of aliphatic hydroxyl groups is 1. The summed E-state index contributed by atoms with van der Waals surface area (Å²) in [6.07, 6.45) is -0.857. The Kier molecular flexibility index (Phi) is 5.12. The first-order chi connectivity index (χ1) is 10.6. The van der Waals surface area contributed by atoms with Crippen LogP contribution < -0.4 is 19.9 Å². The Hall–Kier alpha value is -2.40. The number of aliphatic hydroxyl groups excluding tert-OH is 1. The van der Waals surface area contributed by atoms with Crippen molar-refractivity contribution in [2.45, 2.75) is 13.0 Å². The molecule has 2 rings (SSSR count). The van der Waals surface area contributed by atoms with E-state index in [9.17, 15) is 5.11 Å². The number of aryl methyl sites for hydroxylation is 1. The first kappa shape index (κ1) is 16.0. The molecule has 3 N–H and O–H groups in total. The van der Waals surface area contributed by atoms with Gasteiger partial charge in [-0.3, -0.25) is 0 Å². The zero-order valence-corrected chi connectivity index (χ0v) is 13.0. The van der Waals surface area contributed by atoms with Gasteiger partial charge in [0.25, 0.3) is 0 Å². The molecular weight excluding hydrogens is 282 g/mol. The zero-order chi connectivity index (χ0) is 16.1. The summed E-state index contributed by atoms with van der Waals surface area (Å²) >= 11 is 0. The van der Waals surface area contributed by atoms with Crippen LogP contribution in [-0.2, 0) is 0 Å². The van der Waals surface area contributed by atoms with E-state index in [-0.39, 0.29) is 6.61 Å². The molecule has 0 aliphatic heterocycles. The molecule has 2 aromatic carbocycles. The molecule has 22 heavy (non-hydrogen) atoms. The number of nitrogens with two attached hydrogens (primary N) is 1. The van der Waals surface area contributed by atoms with Gasteiger partial charge in [0.05, 0.1) is 19.9 Å². The highest BCUT2D eigenvalue weighted by Crippen LogP contribution is 2.33. The van der Waals surface area contributed by atoms with Gasteiger partial charge in [-0.1, -0.05) is 12.1 Å². The van der Waals surface area contributed by atoms with Crippen molar-refractivity contribution < 1.29 is 19.3 Å². The minimum atomic E-state index is -0.857. The molecule has 0 radical (unpaired) electrons. The van der Waals surface area contributed by atoms with E-state index in [1.807, 2.05) is 25.1 Å². The number of para-hydroxylation sites is 2. The second kappa shape index (κ2) is 7.04. The van der Waals surface area contributed by atoms with E-state index >= 15 is 0 Å². The zero-order valence-electron chi connectivity index (χ0n) is 13.0. The number of hydrogen-bond donors (Lipinski definition) is 2. The van der Waals surface area contributed by atoms with Crippen molar-refractivity contribution >= 4 is 5.69 Å². The Bertz CT molecular complexity index is 643. The Morgan fingerprint density at radius 3 is 2.36 bits per heavy atom. The quantitative estimate of drug-likeness (QED) is 0.803. The van der Waals surface area contributed by atoms with Crippen LogP contribution >= 0.6 is 0 Å². The predicted molar refractivity (Wildman–Crippen MR) is 85.6 cm³/mol. The summed E-state index contributed by atoms with van der Waals surface area (Å²) in [4.78, 5) is 0. The fourth-order valence-corrected chi connectivity index (χ4v) is 2.20. The van der Waals surface area contributed by atoms with Crippen molar-refractivity contribution in [3.63, 3.8) is 0 Å². The average molecular weight is 303 g/mol. The van der Waals surface area contributed by atoms with Crippen molar-refractivity contribution in [1.29, 1.82) is 0 Å². The Balaban J connectivity index is 2.18. The molecule has 0 saturated heterocycles. The fraction of sp³-hybridized carbons (Fsp3) is 0.294. The van der Waals surface area contributed by atoms with E-state index in [0.717, 1.165) is 5.56 Å². The van der Waals surface area contributed by atoms with Crippen molar-refractivity contribution in [3.8, 4) is 17.2 Å². The normalized spacial score (nSPS) is 11.8. The van der Waals surface area contributed by atoms with Crippen molar-refractivity contribution in [3.05, 3.63) is 47.5 Å². The van der Waals surface area contributed by atoms with E-state index in [0.29, 0.717) is 28.5 Å². The van der Waals surface area contributed by atoms with Crippen molar-refractivity contribution in [2.75, 3.05) is 26.6 Å². The predicted octanol–water partition coefficient (Wildman–Crippen LogP) is 2.71. The summed E-state index contributed by atoms with van der Waals surface area (Å²) in [6, 6.07) is 10.7. The molecule has 0 aliphatic carbocycles. The second-order valence-electron chi connectivity index (χ2n) is 4.93. The molecule has 0 heterocycles. The van der Waals surface area contributed by atoms with E-state index in [1.165, 1.54) is 0 Å². The monoisotopic (exact) mass is 303 g/mol. The van der Waals surface area contributed by atoms with Crippen LogP contribution in [0.1, 0.15) is 17.2 Å². The van der Waals surface area contributed by atoms with Gasteiger partial charge in [0.1, 0.15) is 30.0 Å². The summed E-state index contributed by atoms with van der Waals surface area (Å²) in [7, 11) is 3.15. The van der Waals surface area contributed by atoms with Crippen LogP contribution in [-0.4, -0.2) is 25.9 Å². The molecule has 2 aromatic rings. The second-order valence-corrected chi connectivity index (χ2v) is 4.93. The number of rotatable bonds is 6. The topological polar surface area (TPSA) is 73.9 Å². The molecule has 0 spiro atoms. The largest absolute Gasteiger partial charge is 0.496 e. The number of anilines is 1. The maximum Gasteiger partial charge on any atom is 0.142 e. The minimum absolute atomic E-state index is 0.0663. The van der Waals surface area contributed by atoms with Gasteiger partial charge >= 0.3 is 0 Å². The highest BCUT2D eigenvalue weighted by Gasteiger charge is 2.17. The van der Waals surface area contributed by atoms with Gasteiger partial charge in [-0.15, -0.1) is 0 Å². The SMILES string of the molecule is COc1cc(C(O)COc2ccccc2N)c(OC)cc1C. The average Bonchev–Trinajstić information content (AvgIpc) is 2.53. The van der Waals surface area contributed by atoms with Crippen LogP contribution in [0.4, 0.5) is 5.69 Å². The summed E-state index contributed by atoms with van der Waals surface area (Å²) in [5.74, 6) is 1.82. The molecule has 1 unspecified atom stereocenters. The summed E-state index contributed by atoms with van der Waals surface area (Å²) in [5, 5.41) is 10.4. The lowest BCUT2D eigenvalue weighted by molar-refractivity contribution is 0.106. The van der Waals surface area contributed by atoms with Crippen molar-refractivity contribution in [1.82, 2.24) is 0 Å². The van der Waals surface area contributed by atoms with Crippen LogP contribution in [0.2, 0.25) is 0 Å². The highest BCUT2D eigenvalue weighted by atomic mass is 16.5. The first-order valence-electron chi connectivity index (χ1n) is 6.94. The molecule has 0 fully saturated rings. The van der Waals surface area contributed by atoms with E-state index in [1.54, 1.807) is 32.4 Å². The van der Waals surface area contributed by atoms with Gasteiger partial charge in [-0.2, -0.15) is 0 Å². The van der Waals surface area contributed by atoms with E-state index in [2.05, 4.69) is 0 Å². The minimum Gasteiger partial charge on any atom is -0.496 e. The molecular formula is C17H21NO4. The first-order valence-corrected chi connectivity index (χ1v) is 6.94.